The summed E-state index contributed by atoms with van der Waals surface area (Å²) in [6.45, 7) is 6.58. The number of nitrogens with zero attached hydrogens (tertiary/aromatic N) is 4. The SMILES string of the molecule is Cc1ccc2nc(N3CCCC3)nc(N3CCCC3)c2c1. The molecule has 2 fully saturated rings. The summed E-state index contributed by atoms with van der Waals surface area (Å²) in [6.07, 6.45) is 5.06. The topological polar surface area (TPSA) is 32.3 Å². The molecular weight excluding hydrogens is 260 g/mol. The lowest BCUT2D eigenvalue weighted by molar-refractivity contribution is 0.882. The average molecular weight is 282 g/mol. The van der Waals surface area contributed by atoms with Gasteiger partial charge >= 0.3 is 0 Å². The van der Waals surface area contributed by atoms with Crippen molar-refractivity contribution >= 4 is 22.7 Å². The standard InChI is InChI=1S/C17H22N4/c1-13-6-7-15-14(12-13)16(20-8-2-3-9-20)19-17(18-15)21-10-4-5-11-21/h6-7,12H,2-5,8-11H2,1H3. The van der Waals surface area contributed by atoms with Crippen LogP contribution < -0.4 is 9.80 Å². The molecule has 0 bridgehead atoms. The van der Waals surface area contributed by atoms with Gasteiger partial charge in [-0.2, -0.15) is 4.98 Å². The Hall–Kier alpha value is -1.84. The Morgan fingerprint density at radius 2 is 1.52 bits per heavy atom. The van der Waals surface area contributed by atoms with Crippen LogP contribution in [0.5, 0.6) is 0 Å². The predicted octanol–water partition coefficient (Wildman–Crippen LogP) is 3.14. The summed E-state index contributed by atoms with van der Waals surface area (Å²) in [5.74, 6) is 2.06. The number of hydrogen-bond donors (Lipinski definition) is 0. The lowest BCUT2D eigenvalue weighted by Gasteiger charge is -2.22. The third kappa shape index (κ3) is 2.33. The summed E-state index contributed by atoms with van der Waals surface area (Å²) < 4.78 is 0. The highest BCUT2D eigenvalue weighted by Crippen LogP contribution is 2.30. The molecule has 0 unspecified atom stereocenters. The third-order valence-electron chi connectivity index (χ3n) is 4.61. The Labute approximate surface area is 125 Å². The fraction of sp³-hybridized carbons (Fsp3) is 0.529. The molecule has 0 aliphatic carbocycles. The van der Waals surface area contributed by atoms with Crippen molar-refractivity contribution < 1.29 is 0 Å². The molecule has 0 N–H and O–H groups in total. The summed E-state index contributed by atoms with van der Waals surface area (Å²) in [4.78, 5) is 14.5. The molecule has 4 heteroatoms. The molecule has 0 saturated carbocycles. The molecule has 110 valence electrons. The Kier molecular flexibility index (Phi) is 3.17. The van der Waals surface area contributed by atoms with Crippen LogP contribution in [0.15, 0.2) is 18.2 Å². The van der Waals surface area contributed by atoms with Gasteiger partial charge in [-0.15, -0.1) is 0 Å². The van der Waals surface area contributed by atoms with Crippen LogP contribution in [-0.4, -0.2) is 36.1 Å². The largest absolute Gasteiger partial charge is 0.356 e. The summed E-state index contributed by atoms with van der Waals surface area (Å²) in [5, 5.41) is 1.21. The average Bonchev–Trinajstić information content (AvgIpc) is 3.19. The van der Waals surface area contributed by atoms with Gasteiger partial charge in [-0.1, -0.05) is 11.6 Å². The van der Waals surface area contributed by atoms with Crippen molar-refractivity contribution in [3.8, 4) is 0 Å². The highest BCUT2D eigenvalue weighted by atomic mass is 15.3. The van der Waals surface area contributed by atoms with Gasteiger partial charge in [-0.05, 0) is 44.7 Å². The van der Waals surface area contributed by atoms with Crippen LogP contribution in [0, 0.1) is 6.92 Å². The molecule has 4 rings (SSSR count). The van der Waals surface area contributed by atoms with Gasteiger partial charge in [0, 0.05) is 31.6 Å². The van der Waals surface area contributed by atoms with Crippen molar-refractivity contribution in [2.45, 2.75) is 32.6 Å². The van der Waals surface area contributed by atoms with E-state index in [9.17, 15) is 0 Å². The van der Waals surface area contributed by atoms with Crippen molar-refractivity contribution in [1.29, 1.82) is 0 Å². The van der Waals surface area contributed by atoms with Crippen LogP contribution in [0.1, 0.15) is 31.2 Å². The van der Waals surface area contributed by atoms with E-state index in [1.54, 1.807) is 0 Å². The molecule has 21 heavy (non-hydrogen) atoms. The van der Waals surface area contributed by atoms with E-state index >= 15 is 0 Å². The van der Waals surface area contributed by atoms with Gasteiger partial charge in [0.15, 0.2) is 0 Å². The van der Waals surface area contributed by atoms with E-state index in [2.05, 4.69) is 34.9 Å². The van der Waals surface area contributed by atoms with E-state index in [1.165, 1.54) is 36.6 Å². The van der Waals surface area contributed by atoms with Crippen LogP contribution >= 0.6 is 0 Å². The molecule has 3 heterocycles. The summed E-state index contributed by atoms with van der Waals surface area (Å²) >= 11 is 0. The molecule has 0 amide bonds. The van der Waals surface area contributed by atoms with Crippen LogP contribution in [0.2, 0.25) is 0 Å². The molecule has 2 aliphatic heterocycles. The zero-order valence-electron chi connectivity index (χ0n) is 12.7. The minimum Gasteiger partial charge on any atom is -0.356 e. The zero-order valence-corrected chi connectivity index (χ0v) is 12.7. The first-order chi connectivity index (χ1) is 10.3. The fourth-order valence-corrected chi connectivity index (χ4v) is 3.44. The number of benzene rings is 1. The minimum absolute atomic E-state index is 0.922. The van der Waals surface area contributed by atoms with E-state index < -0.39 is 0 Å². The van der Waals surface area contributed by atoms with Gasteiger partial charge in [0.25, 0.3) is 0 Å². The van der Waals surface area contributed by atoms with E-state index in [1.807, 2.05) is 0 Å². The quantitative estimate of drug-likeness (QED) is 0.847. The van der Waals surface area contributed by atoms with E-state index in [4.69, 9.17) is 9.97 Å². The van der Waals surface area contributed by atoms with Crippen molar-refractivity contribution in [3.05, 3.63) is 23.8 Å². The van der Waals surface area contributed by atoms with Crippen LogP contribution in [0.3, 0.4) is 0 Å². The molecule has 2 aliphatic rings. The normalized spacial score (nSPS) is 18.9. The summed E-state index contributed by atoms with van der Waals surface area (Å²) in [5.41, 5.74) is 2.36. The predicted molar refractivity (Wildman–Crippen MR) is 87.2 cm³/mol. The second-order valence-electron chi connectivity index (χ2n) is 6.26. The highest BCUT2D eigenvalue weighted by molar-refractivity contribution is 5.91. The highest BCUT2D eigenvalue weighted by Gasteiger charge is 2.21. The molecule has 4 nitrogen and oxygen atoms in total. The maximum Gasteiger partial charge on any atom is 0.227 e. The first-order valence-corrected chi connectivity index (χ1v) is 8.09. The van der Waals surface area contributed by atoms with E-state index in [-0.39, 0.29) is 0 Å². The number of aryl methyl sites for hydroxylation is 1. The smallest absolute Gasteiger partial charge is 0.227 e. The first kappa shape index (κ1) is 12.9. The maximum absolute atomic E-state index is 4.95. The van der Waals surface area contributed by atoms with Crippen LogP contribution in [0.4, 0.5) is 11.8 Å². The number of hydrogen-bond acceptors (Lipinski definition) is 4. The lowest BCUT2D eigenvalue weighted by atomic mass is 10.1. The van der Waals surface area contributed by atoms with Crippen molar-refractivity contribution in [3.63, 3.8) is 0 Å². The maximum atomic E-state index is 4.95. The van der Waals surface area contributed by atoms with Gasteiger partial charge in [0.2, 0.25) is 5.95 Å². The molecule has 2 saturated heterocycles. The molecular formula is C17H22N4. The molecule has 0 radical (unpaired) electrons. The third-order valence-corrected chi connectivity index (χ3v) is 4.61. The number of aromatic nitrogens is 2. The molecule has 2 aromatic rings. The van der Waals surface area contributed by atoms with Gasteiger partial charge < -0.3 is 9.80 Å². The van der Waals surface area contributed by atoms with Crippen LogP contribution in [-0.2, 0) is 0 Å². The van der Waals surface area contributed by atoms with Gasteiger partial charge in [0.05, 0.1) is 5.52 Å². The molecule has 1 aromatic carbocycles. The Balaban J connectivity index is 1.87. The zero-order chi connectivity index (χ0) is 14.2. The van der Waals surface area contributed by atoms with Gasteiger partial charge in [-0.3, -0.25) is 0 Å². The van der Waals surface area contributed by atoms with Crippen LogP contribution in [0.25, 0.3) is 10.9 Å². The number of fused-ring (bicyclic) bond motifs is 1. The molecule has 0 atom stereocenters. The van der Waals surface area contributed by atoms with E-state index in [0.717, 1.165) is 43.5 Å². The second kappa shape index (κ2) is 5.17. The molecule has 1 aromatic heterocycles. The molecule has 0 spiro atoms. The van der Waals surface area contributed by atoms with Crippen molar-refractivity contribution in [2.24, 2.45) is 0 Å². The number of rotatable bonds is 2. The second-order valence-corrected chi connectivity index (χ2v) is 6.26. The first-order valence-electron chi connectivity index (χ1n) is 8.09. The summed E-state index contributed by atoms with van der Waals surface area (Å²) in [6, 6.07) is 6.53. The van der Waals surface area contributed by atoms with Gasteiger partial charge in [-0.25, -0.2) is 4.98 Å². The summed E-state index contributed by atoms with van der Waals surface area (Å²) in [7, 11) is 0. The van der Waals surface area contributed by atoms with E-state index in [0.29, 0.717) is 0 Å². The Morgan fingerprint density at radius 1 is 0.857 bits per heavy atom. The fourth-order valence-electron chi connectivity index (χ4n) is 3.44. The van der Waals surface area contributed by atoms with Crippen molar-refractivity contribution in [2.75, 3.05) is 36.0 Å². The Bertz CT molecular complexity index is 655. The number of anilines is 2. The monoisotopic (exact) mass is 282 g/mol. The van der Waals surface area contributed by atoms with Gasteiger partial charge in [0.1, 0.15) is 5.82 Å². The lowest BCUT2D eigenvalue weighted by Crippen LogP contribution is -2.24. The minimum atomic E-state index is 0.922. The Morgan fingerprint density at radius 3 is 2.24 bits per heavy atom. The van der Waals surface area contributed by atoms with Crippen molar-refractivity contribution in [1.82, 2.24) is 9.97 Å².